The van der Waals surface area contributed by atoms with Crippen LogP contribution in [0.2, 0.25) is 0 Å². The fourth-order valence-electron chi connectivity index (χ4n) is 4.49. The Hall–Kier alpha value is -3.78. The van der Waals surface area contributed by atoms with Crippen LogP contribution >= 0.6 is 0 Å². The molecule has 0 aromatic carbocycles. The van der Waals surface area contributed by atoms with Gasteiger partial charge in [0.2, 0.25) is 5.91 Å². The van der Waals surface area contributed by atoms with Crippen molar-refractivity contribution in [3.8, 4) is 6.07 Å². The molecule has 36 heavy (non-hydrogen) atoms. The van der Waals surface area contributed by atoms with Crippen molar-refractivity contribution in [2.24, 2.45) is 0 Å². The molecule has 10 nitrogen and oxygen atoms in total. The number of nitrogens with one attached hydrogen (secondary N) is 4. The zero-order chi connectivity index (χ0) is 25.5. The van der Waals surface area contributed by atoms with E-state index >= 15 is 0 Å². The van der Waals surface area contributed by atoms with Crippen LogP contribution < -0.4 is 21.3 Å². The maximum absolute atomic E-state index is 14.5. The van der Waals surface area contributed by atoms with Gasteiger partial charge in [-0.25, -0.2) is 14.4 Å². The van der Waals surface area contributed by atoms with E-state index in [4.69, 9.17) is 10.00 Å². The number of rotatable bonds is 7. The summed E-state index contributed by atoms with van der Waals surface area (Å²) in [5, 5.41) is 21.2. The highest BCUT2D eigenvalue weighted by atomic mass is 19.1. The number of hydrogen-bond acceptors (Lipinski definition) is 8. The van der Waals surface area contributed by atoms with Gasteiger partial charge in [0.05, 0.1) is 29.5 Å². The van der Waals surface area contributed by atoms with Crippen LogP contribution in [0.4, 0.5) is 21.7 Å². The van der Waals surface area contributed by atoms with Gasteiger partial charge in [-0.05, 0) is 44.2 Å². The van der Waals surface area contributed by atoms with Gasteiger partial charge in [-0.15, -0.1) is 0 Å². The molecule has 1 aliphatic heterocycles. The minimum atomic E-state index is -1.21. The Bertz CT molecular complexity index is 1110. The van der Waals surface area contributed by atoms with Crippen molar-refractivity contribution in [3.63, 3.8) is 0 Å². The molecule has 3 heterocycles. The van der Waals surface area contributed by atoms with Crippen LogP contribution in [-0.2, 0) is 9.53 Å². The van der Waals surface area contributed by atoms with E-state index < -0.39 is 12.2 Å². The molecule has 2 amide bonds. The Labute approximate surface area is 209 Å². The van der Waals surface area contributed by atoms with Crippen LogP contribution in [0, 0.1) is 11.3 Å². The number of amides is 2. The molecule has 1 saturated carbocycles. The number of alkyl halides is 1. The van der Waals surface area contributed by atoms with E-state index in [0.717, 1.165) is 25.7 Å². The number of hydrogen-bond donors (Lipinski definition) is 4. The molecule has 0 unspecified atom stereocenters. The number of halogens is 1. The van der Waals surface area contributed by atoms with Gasteiger partial charge < -0.3 is 26.0 Å². The molecule has 2 fully saturated rings. The molecule has 11 heteroatoms. The summed E-state index contributed by atoms with van der Waals surface area (Å²) in [6, 6.07) is 6.57. The Morgan fingerprint density at radius 3 is 2.42 bits per heavy atom. The quantitative estimate of drug-likeness (QED) is 0.460. The van der Waals surface area contributed by atoms with Crippen molar-refractivity contribution < 1.29 is 18.7 Å². The van der Waals surface area contributed by atoms with Crippen LogP contribution in [-0.4, -0.2) is 59.3 Å². The predicted octanol–water partition coefficient (Wildman–Crippen LogP) is 2.81. The molecule has 0 bridgehead atoms. The number of carbonyl (C=O) groups excluding carboxylic acids is 2. The number of aromatic nitrogens is 2. The summed E-state index contributed by atoms with van der Waals surface area (Å²) >= 11 is 0. The first kappa shape index (κ1) is 25.3. The van der Waals surface area contributed by atoms with Crippen molar-refractivity contribution in [1.29, 1.82) is 5.26 Å². The van der Waals surface area contributed by atoms with E-state index in [1.165, 1.54) is 19.3 Å². The van der Waals surface area contributed by atoms with Crippen LogP contribution in [0.25, 0.3) is 0 Å². The number of pyridine rings is 2. The summed E-state index contributed by atoms with van der Waals surface area (Å²) in [6.45, 7) is 1.94. The number of nitrogens with zero attached hydrogens (tertiary/aromatic N) is 3. The number of nitriles is 1. The lowest BCUT2D eigenvalue weighted by atomic mass is 9.91. The second kappa shape index (κ2) is 11.8. The third kappa shape index (κ3) is 6.66. The van der Waals surface area contributed by atoms with Crippen LogP contribution in [0.1, 0.15) is 54.9 Å². The Morgan fingerprint density at radius 1 is 1.06 bits per heavy atom. The standard InChI is InChI=1S/C25H30FN7O3/c1-15(34)30-17-3-5-18(6-4-17)31-25(35)19-13-29-24(33-23-7-2-16(11-27)12-28-23)10-22(19)32-21-8-9-36-14-20(21)26/h2,7,10,12-13,17-18,20-21H,3-6,8-9,14H2,1H3,(H,30,34)(H,31,35)(H2,28,29,32,33)/t17?,18?,20-,21-/m1/s1. The van der Waals surface area contributed by atoms with E-state index in [9.17, 15) is 14.0 Å². The van der Waals surface area contributed by atoms with Gasteiger partial charge in [0.1, 0.15) is 23.9 Å². The molecule has 2 atom stereocenters. The minimum Gasteiger partial charge on any atom is -0.378 e. The second-order valence-corrected chi connectivity index (χ2v) is 9.14. The molecule has 1 saturated heterocycles. The van der Waals surface area contributed by atoms with Gasteiger partial charge in [-0.3, -0.25) is 9.59 Å². The Kier molecular flexibility index (Phi) is 8.28. The fourth-order valence-corrected chi connectivity index (χ4v) is 4.49. The number of ether oxygens (including phenoxy) is 1. The van der Waals surface area contributed by atoms with Gasteiger partial charge in [0.15, 0.2) is 0 Å². The number of carbonyl (C=O) groups is 2. The van der Waals surface area contributed by atoms with Gasteiger partial charge in [0.25, 0.3) is 5.91 Å². The zero-order valence-corrected chi connectivity index (χ0v) is 20.1. The van der Waals surface area contributed by atoms with E-state index in [1.807, 2.05) is 6.07 Å². The first-order valence-electron chi connectivity index (χ1n) is 12.1. The highest BCUT2D eigenvalue weighted by molar-refractivity contribution is 6.00. The maximum Gasteiger partial charge on any atom is 0.255 e. The van der Waals surface area contributed by atoms with Gasteiger partial charge >= 0.3 is 0 Å². The van der Waals surface area contributed by atoms with Crippen LogP contribution in [0.5, 0.6) is 0 Å². The van der Waals surface area contributed by atoms with Crippen molar-refractivity contribution in [3.05, 3.63) is 41.7 Å². The molecular formula is C25H30FN7O3. The molecule has 190 valence electrons. The van der Waals surface area contributed by atoms with Crippen LogP contribution in [0.15, 0.2) is 30.6 Å². The fraction of sp³-hybridized carbons (Fsp3) is 0.480. The molecule has 1 aliphatic carbocycles. The summed E-state index contributed by atoms with van der Waals surface area (Å²) in [7, 11) is 0. The van der Waals surface area contributed by atoms with Crippen molar-refractivity contribution in [1.82, 2.24) is 20.6 Å². The molecule has 2 aromatic heterocycles. The summed E-state index contributed by atoms with van der Waals surface area (Å²) in [4.78, 5) is 33.1. The third-order valence-corrected chi connectivity index (χ3v) is 6.39. The molecule has 4 rings (SSSR count). The smallest absolute Gasteiger partial charge is 0.255 e. The summed E-state index contributed by atoms with van der Waals surface area (Å²) in [5.41, 5.74) is 1.21. The minimum absolute atomic E-state index is 0.00207. The summed E-state index contributed by atoms with van der Waals surface area (Å²) < 4.78 is 19.7. The zero-order valence-electron chi connectivity index (χ0n) is 20.1. The SMILES string of the molecule is CC(=O)NC1CCC(NC(=O)c2cnc(Nc3ccc(C#N)cn3)cc2N[C@@H]2CCOC[C@H]2F)CC1. The van der Waals surface area contributed by atoms with Gasteiger partial charge in [-0.2, -0.15) is 5.26 Å². The first-order chi connectivity index (χ1) is 17.4. The molecule has 2 aromatic rings. The molecule has 4 N–H and O–H groups in total. The van der Waals surface area contributed by atoms with E-state index in [0.29, 0.717) is 41.5 Å². The topological polar surface area (TPSA) is 141 Å². The highest BCUT2D eigenvalue weighted by Gasteiger charge is 2.28. The lowest BCUT2D eigenvalue weighted by Crippen LogP contribution is -2.43. The number of anilines is 3. The monoisotopic (exact) mass is 495 g/mol. The van der Waals surface area contributed by atoms with Gasteiger partial charge in [0, 0.05) is 44.1 Å². The lowest BCUT2D eigenvalue weighted by molar-refractivity contribution is -0.119. The molecular weight excluding hydrogens is 465 g/mol. The van der Waals surface area contributed by atoms with Crippen LogP contribution in [0.3, 0.4) is 0 Å². The normalized spacial score (nSPS) is 23.7. The molecule has 2 aliphatic rings. The van der Waals surface area contributed by atoms with Crippen molar-refractivity contribution in [2.45, 2.75) is 63.3 Å². The van der Waals surface area contributed by atoms with E-state index in [1.54, 1.807) is 18.2 Å². The Balaban J connectivity index is 1.49. The third-order valence-electron chi connectivity index (χ3n) is 6.39. The van der Waals surface area contributed by atoms with E-state index in [-0.39, 0.29) is 30.5 Å². The van der Waals surface area contributed by atoms with Crippen molar-refractivity contribution in [2.75, 3.05) is 23.8 Å². The summed E-state index contributed by atoms with van der Waals surface area (Å²) in [6.07, 6.45) is 5.26. The molecule has 0 radical (unpaired) electrons. The van der Waals surface area contributed by atoms with E-state index in [2.05, 4.69) is 31.2 Å². The highest BCUT2D eigenvalue weighted by Crippen LogP contribution is 2.26. The first-order valence-corrected chi connectivity index (χ1v) is 12.1. The maximum atomic E-state index is 14.5. The summed E-state index contributed by atoms with van der Waals surface area (Å²) in [5.74, 6) is 0.562. The predicted molar refractivity (Wildman–Crippen MR) is 132 cm³/mol. The average molecular weight is 496 g/mol. The molecule has 0 spiro atoms. The average Bonchev–Trinajstić information content (AvgIpc) is 2.87. The lowest BCUT2D eigenvalue weighted by Gasteiger charge is -2.30. The largest absolute Gasteiger partial charge is 0.378 e. The van der Waals surface area contributed by atoms with Gasteiger partial charge in [-0.1, -0.05) is 0 Å². The van der Waals surface area contributed by atoms with Crippen molar-refractivity contribution >= 4 is 29.1 Å². The Morgan fingerprint density at radius 2 is 1.78 bits per heavy atom. The second-order valence-electron chi connectivity index (χ2n) is 9.14.